The third-order valence-corrected chi connectivity index (χ3v) is 3.21. The second kappa shape index (κ2) is 3.84. The van der Waals surface area contributed by atoms with Gasteiger partial charge in [0.15, 0.2) is 6.29 Å². The molecule has 2 heterocycles. The van der Waals surface area contributed by atoms with E-state index in [1.807, 2.05) is 25.3 Å². The lowest BCUT2D eigenvalue weighted by Gasteiger charge is -1.96. The minimum absolute atomic E-state index is 0.465. The van der Waals surface area contributed by atoms with E-state index in [1.54, 1.807) is 0 Å². The molecule has 4 heteroatoms. The molecular formula is C14H13N3O. The number of hydrogen-bond donors (Lipinski definition) is 2. The van der Waals surface area contributed by atoms with Crippen molar-refractivity contribution in [3.63, 3.8) is 0 Å². The lowest BCUT2D eigenvalue weighted by atomic mass is 10.1. The quantitative estimate of drug-likeness (QED) is 0.675. The number of aromatic amines is 2. The van der Waals surface area contributed by atoms with Crippen LogP contribution in [0.15, 0.2) is 24.4 Å². The number of imidazole rings is 1. The highest BCUT2D eigenvalue weighted by atomic mass is 16.1. The molecule has 0 bridgehead atoms. The van der Waals surface area contributed by atoms with Gasteiger partial charge in [-0.25, -0.2) is 4.98 Å². The number of nitrogens with one attached hydrogen (secondary N) is 2. The summed E-state index contributed by atoms with van der Waals surface area (Å²) < 4.78 is 0. The monoisotopic (exact) mass is 239 g/mol. The Bertz CT molecular complexity index is 737. The van der Waals surface area contributed by atoms with Crippen molar-refractivity contribution in [2.24, 2.45) is 0 Å². The molecule has 0 aliphatic carbocycles. The first-order valence-electron chi connectivity index (χ1n) is 5.79. The Morgan fingerprint density at radius 2 is 2.11 bits per heavy atom. The van der Waals surface area contributed by atoms with Gasteiger partial charge >= 0.3 is 0 Å². The van der Waals surface area contributed by atoms with E-state index in [9.17, 15) is 4.79 Å². The number of para-hydroxylation sites is 1. The number of aryl methyl sites for hydroxylation is 2. The second-order valence-electron chi connectivity index (χ2n) is 4.41. The summed E-state index contributed by atoms with van der Waals surface area (Å²) in [4.78, 5) is 21.5. The van der Waals surface area contributed by atoms with Crippen molar-refractivity contribution >= 4 is 17.2 Å². The fraction of sp³-hybridized carbons (Fsp3) is 0.143. The van der Waals surface area contributed by atoms with Crippen LogP contribution in [-0.4, -0.2) is 21.2 Å². The molecule has 0 saturated heterocycles. The normalized spacial score (nSPS) is 11.0. The van der Waals surface area contributed by atoms with E-state index in [1.165, 1.54) is 5.56 Å². The first kappa shape index (κ1) is 10.8. The van der Waals surface area contributed by atoms with E-state index in [-0.39, 0.29) is 0 Å². The zero-order chi connectivity index (χ0) is 12.7. The maximum atomic E-state index is 10.8. The number of nitrogens with zero attached hydrogens (tertiary/aromatic N) is 1. The Balaban J connectivity index is 2.25. The Hall–Kier alpha value is -2.36. The van der Waals surface area contributed by atoms with Gasteiger partial charge in [0, 0.05) is 28.4 Å². The average molecular weight is 239 g/mol. The van der Waals surface area contributed by atoms with Crippen LogP contribution in [0.4, 0.5) is 0 Å². The Labute approximate surface area is 104 Å². The molecule has 0 fully saturated rings. The molecular weight excluding hydrogens is 226 g/mol. The van der Waals surface area contributed by atoms with Gasteiger partial charge in [0.25, 0.3) is 0 Å². The first-order chi connectivity index (χ1) is 8.70. The molecule has 0 aliphatic rings. The van der Waals surface area contributed by atoms with Gasteiger partial charge < -0.3 is 9.97 Å². The Morgan fingerprint density at radius 3 is 2.83 bits per heavy atom. The van der Waals surface area contributed by atoms with Crippen LogP contribution in [0.3, 0.4) is 0 Å². The molecule has 0 spiro atoms. The predicted octanol–water partition coefficient (Wildman–Crippen LogP) is 2.99. The van der Waals surface area contributed by atoms with E-state index in [0.29, 0.717) is 5.69 Å². The lowest BCUT2D eigenvalue weighted by Crippen LogP contribution is -1.82. The van der Waals surface area contributed by atoms with Crippen molar-refractivity contribution in [2.75, 3.05) is 0 Å². The molecule has 3 aromatic rings. The Morgan fingerprint density at radius 1 is 1.28 bits per heavy atom. The summed E-state index contributed by atoms with van der Waals surface area (Å²) in [5, 5.41) is 1.11. The number of carbonyl (C=O) groups excluding carboxylic acids is 1. The third kappa shape index (κ3) is 1.46. The van der Waals surface area contributed by atoms with Gasteiger partial charge in [-0.05, 0) is 19.4 Å². The number of rotatable bonds is 2. The van der Waals surface area contributed by atoms with Gasteiger partial charge in [0.2, 0.25) is 0 Å². The lowest BCUT2D eigenvalue weighted by molar-refractivity contribution is 0.111. The molecule has 1 aromatic carbocycles. The number of H-pyrrole nitrogens is 2. The summed E-state index contributed by atoms with van der Waals surface area (Å²) in [6, 6.07) is 6.13. The highest BCUT2D eigenvalue weighted by molar-refractivity contribution is 5.95. The van der Waals surface area contributed by atoms with E-state index in [4.69, 9.17) is 0 Å². The van der Waals surface area contributed by atoms with Gasteiger partial charge in [-0.1, -0.05) is 18.2 Å². The van der Waals surface area contributed by atoms with E-state index in [2.05, 4.69) is 27.9 Å². The minimum Gasteiger partial charge on any atom is -0.360 e. The standard InChI is InChI=1S/C14H13N3O/c1-8-4-3-5-10-11(6-15-13(8)10)14-16-9(2)12(7-18)17-14/h3-7,15H,1-2H3,(H,16,17). The minimum atomic E-state index is 0.465. The number of aldehydes is 1. The van der Waals surface area contributed by atoms with Gasteiger partial charge in [0.05, 0.1) is 0 Å². The molecule has 0 aliphatic heterocycles. The summed E-state index contributed by atoms with van der Waals surface area (Å²) in [6.07, 6.45) is 2.69. The van der Waals surface area contributed by atoms with Gasteiger partial charge in [-0.3, -0.25) is 4.79 Å². The van der Waals surface area contributed by atoms with E-state index < -0.39 is 0 Å². The predicted molar refractivity (Wildman–Crippen MR) is 70.7 cm³/mol. The number of benzene rings is 1. The number of carbonyl (C=O) groups is 1. The molecule has 90 valence electrons. The van der Waals surface area contributed by atoms with Crippen LogP contribution in [0.25, 0.3) is 22.3 Å². The summed E-state index contributed by atoms with van der Waals surface area (Å²) >= 11 is 0. The van der Waals surface area contributed by atoms with Crippen LogP contribution in [0.2, 0.25) is 0 Å². The maximum Gasteiger partial charge on any atom is 0.170 e. The maximum absolute atomic E-state index is 10.8. The fourth-order valence-electron chi connectivity index (χ4n) is 2.22. The highest BCUT2D eigenvalue weighted by Gasteiger charge is 2.12. The van der Waals surface area contributed by atoms with Crippen LogP contribution >= 0.6 is 0 Å². The second-order valence-corrected chi connectivity index (χ2v) is 4.41. The number of fused-ring (bicyclic) bond motifs is 1. The van der Waals surface area contributed by atoms with Gasteiger partial charge in [-0.2, -0.15) is 0 Å². The molecule has 4 nitrogen and oxygen atoms in total. The Kier molecular flexibility index (Phi) is 2.30. The van der Waals surface area contributed by atoms with Gasteiger partial charge in [-0.15, -0.1) is 0 Å². The fourth-order valence-corrected chi connectivity index (χ4v) is 2.22. The topological polar surface area (TPSA) is 61.5 Å². The van der Waals surface area contributed by atoms with Crippen LogP contribution in [-0.2, 0) is 0 Å². The SMILES string of the molecule is Cc1[nH]c(-c2c[nH]c3c(C)cccc23)nc1C=O. The molecule has 0 saturated carbocycles. The third-order valence-electron chi connectivity index (χ3n) is 3.21. The molecule has 18 heavy (non-hydrogen) atoms. The van der Waals surface area contributed by atoms with Crippen LogP contribution < -0.4 is 0 Å². The number of hydrogen-bond acceptors (Lipinski definition) is 2. The van der Waals surface area contributed by atoms with Crippen LogP contribution in [0, 0.1) is 13.8 Å². The van der Waals surface area contributed by atoms with Crippen molar-refractivity contribution in [1.82, 2.24) is 15.0 Å². The highest BCUT2D eigenvalue weighted by Crippen LogP contribution is 2.28. The molecule has 3 rings (SSSR count). The van der Waals surface area contributed by atoms with Crippen molar-refractivity contribution in [2.45, 2.75) is 13.8 Å². The first-order valence-corrected chi connectivity index (χ1v) is 5.79. The van der Waals surface area contributed by atoms with Crippen LogP contribution in [0.1, 0.15) is 21.7 Å². The van der Waals surface area contributed by atoms with Crippen molar-refractivity contribution in [3.05, 3.63) is 41.3 Å². The van der Waals surface area contributed by atoms with Crippen molar-refractivity contribution < 1.29 is 4.79 Å². The smallest absolute Gasteiger partial charge is 0.170 e. The summed E-state index contributed by atoms with van der Waals surface area (Å²) in [7, 11) is 0. The van der Waals surface area contributed by atoms with Crippen LogP contribution in [0.5, 0.6) is 0 Å². The summed E-state index contributed by atoms with van der Waals surface area (Å²) in [5.74, 6) is 0.728. The molecule has 2 N–H and O–H groups in total. The number of aromatic nitrogens is 3. The zero-order valence-corrected chi connectivity index (χ0v) is 10.2. The van der Waals surface area contributed by atoms with E-state index in [0.717, 1.165) is 34.3 Å². The van der Waals surface area contributed by atoms with Crippen molar-refractivity contribution in [3.8, 4) is 11.4 Å². The zero-order valence-electron chi connectivity index (χ0n) is 10.2. The summed E-state index contributed by atoms with van der Waals surface area (Å²) in [5.41, 5.74) is 4.55. The average Bonchev–Trinajstić information content (AvgIpc) is 2.93. The van der Waals surface area contributed by atoms with Gasteiger partial charge in [0.1, 0.15) is 11.5 Å². The molecule has 2 aromatic heterocycles. The van der Waals surface area contributed by atoms with Crippen molar-refractivity contribution in [1.29, 1.82) is 0 Å². The molecule has 0 radical (unpaired) electrons. The molecule has 0 atom stereocenters. The van der Waals surface area contributed by atoms with E-state index >= 15 is 0 Å². The molecule has 0 unspecified atom stereocenters. The summed E-state index contributed by atoms with van der Waals surface area (Å²) in [6.45, 7) is 3.91. The largest absolute Gasteiger partial charge is 0.360 e. The molecule has 0 amide bonds.